The molecule has 0 aliphatic heterocycles. The lowest BCUT2D eigenvalue weighted by Crippen LogP contribution is -2.22. The molecule has 0 saturated heterocycles. The molecule has 6 heteroatoms. The molecule has 0 amide bonds. The Labute approximate surface area is 101 Å². The summed E-state index contributed by atoms with van der Waals surface area (Å²) in [5, 5.41) is 0.292. The fraction of sp³-hybridized carbons (Fsp3) is 0.700. The molecule has 1 rings (SSSR count). The van der Waals surface area contributed by atoms with Crippen LogP contribution in [0.25, 0.3) is 0 Å². The fourth-order valence-electron chi connectivity index (χ4n) is 1.33. The van der Waals surface area contributed by atoms with Gasteiger partial charge in [0.2, 0.25) is 0 Å². The summed E-state index contributed by atoms with van der Waals surface area (Å²) in [7, 11) is -3.11. The first-order chi connectivity index (χ1) is 7.36. The van der Waals surface area contributed by atoms with Crippen LogP contribution in [0.5, 0.6) is 0 Å². The number of thiazole rings is 1. The topological polar surface area (TPSA) is 73.0 Å². The fourth-order valence-corrected chi connectivity index (χ4v) is 3.98. The number of nitrogens with zero attached hydrogens (tertiary/aromatic N) is 1. The average molecular weight is 262 g/mol. The summed E-state index contributed by atoms with van der Waals surface area (Å²) in [5.74, 6) is 0.0352. The van der Waals surface area contributed by atoms with E-state index in [0.29, 0.717) is 18.0 Å². The van der Waals surface area contributed by atoms with Crippen LogP contribution >= 0.6 is 11.3 Å². The maximum absolute atomic E-state index is 11.9. The van der Waals surface area contributed by atoms with Gasteiger partial charge in [0.1, 0.15) is 10.8 Å². The van der Waals surface area contributed by atoms with Gasteiger partial charge in [0, 0.05) is 4.88 Å². The van der Waals surface area contributed by atoms with Crippen molar-refractivity contribution in [3.63, 3.8) is 0 Å². The minimum absolute atomic E-state index is 0.0352. The van der Waals surface area contributed by atoms with E-state index in [9.17, 15) is 8.42 Å². The Hall–Kier alpha value is -0.460. The number of hydrogen-bond acceptors (Lipinski definition) is 5. The second-order valence-corrected chi connectivity index (χ2v) is 7.65. The molecule has 92 valence electrons. The molecular weight excluding hydrogens is 244 g/mol. The predicted octanol–water partition coefficient (Wildman–Crippen LogP) is 1.41. The summed E-state index contributed by atoms with van der Waals surface area (Å²) < 4.78 is 23.8. The first kappa shape index (κ1) is 13.6. The number of rotatable bonds is 5. The number of aryl methyl sites for hydroxylation is 2. The van der Waals surface area contributed by atoms with E-state index in [2.05, 4.69) is 4.98 Å². The summed E-state index contributed by atoms with van der Waals surface area (Å²) >= 11 is 1.46. The Balaban J connectivity index is 2.80. The second-order valence-electron chi connectivity index (χ2n) is 3.94. The largest absolute Gasteiger partial charge is 0.330 e. The van der Waals surface area contributed by atoms with Gasteiger partial charge in [-0.25, -0.2) is 13.4 Å². The lowest BCUT2D eigenvalue weighted by atomic mass is 10.3. The van der Waals surface area contributed by atoms with Gasteiger partial charge in [-0.2, -0.15) is 0 Å². The molecule has 0 bridgehead atoms. The molecule has 1 heterocycles. The van der Waals surface area contributed by atoms with E-state index in [1.165, 1.54) is 11.3 Å². The Morgan fingerprint density at radius 1 is 1.44 bits per heavy atom. The highest BCUT2D eigenvalue weighted by Crippen LogP contribution is 2.20. The highest BCUT2D eigenvalue weighted by Gasteiger charge is 2.22. The van der Waals surface area contributed by atoms with Gasteiger partial charge in [0.25, 0.3) is 0 Å². The molecule has 2 N–H and O–H groups in total. The molecule has 16 heavy (non-hydrogen) atoms. The molecule has 0 radical (unpaired) electrons. The van der Waals surface area contributed by atoms with Crippen molar-refractivity contribution in [1.82, 2.24) is 4.98 Å². The Kier molecular flexibility index (Phi) is 4.46. The molecule has 0 spiro atoms. The summed E-state index contributed by atoms with van der Waals surface area (Å²) in [6, 6.07) is 0. The quantitative estimate of drug-likeness (QED) is 0.871. The normalized spacial score (nSPS) is 14.0. The van der Waals surface area contributed by atoms with Gasteiger partial charge in [0.15, 0.2) is 9.84 Å². The van der Waals surface area contributed by atoms with Crippen LogP contribution in [0.4, 0.5) is 0 Å². The Morgan fingerprint density at radius 2 is 2.06 bits per heavy atom. The first-order valence-corrected chi connectivity index (χ1v) is 7.74. The van der Waals surface area contributed by atoms with Crippen LogP contribution < -0.4 is 5.73 Å². The molecule has 0 fully saturated rings. The van der Waals surface area contributed by atoms with Crippen molar-refractivity contribution in [2.24, 2.45) is 5.73 Å². The van der Waals surface area contributed by atoms with Crippen LogP contribution in [-0.4, -0.2) is 25.2 Å². The molecule has 4 nitrogen and oxygen atoms in total. The van der Waals surface area contributed by atoms with Gasteiger partial charge in [-0.1, -0.05) is 0 Å². The van der Waals surface area contributed by atoms with Gasteiger partial charge >= 0.3 is 0 Å². The number of aromatic nitrogens is 1. The highest BCUT2D eigenvalue weighted by molar-refractivity contribution is 7.91. The van der Waals surface area contributed by atoms with E-state index in [4.69, 9.17) is 5.73 Å². The smallest absolute Gasteiger partial charge is 0.159 e. The average Bonchev–Trinajstić information content (AvgIpc) is 2.45. The molecule has 1 atom stereocenters. The molecular formula is C10H18N2O2S2. The zero-order chi connectivity index (χ0) is 12.3. The molecule has 0 saturated carbocycles. The van der Waals surface area contributed by atoms with Gasteiger partial charge in [-0.05, 0) is 33.7 Å². The standard InChI is InChI=1S/C10H18N2O2S2/c1-7(4-5-11)16(13,14)6-10-12-8(2)9(3)15-10/h7H,4-6,11H2,1-3H3. The summed E-state index contributed by atoms with van der Waals surface area (Å²) in [6.07, 6.45) is 0.506. The SMILES string of the molecule is Cc1nc(CS(=O)(=O)C(C)CCN)sc1C. The monoisotopic (exact) mass is 262 g/mol. The molecule has 0 aliphatic carbocycles. The third-order valence-corrected chi connectivity index (χ3v) is 5.98. The van der Waals surface area contributed by atoms with Gasteiger partial charge < -0.3 is 5.73 Å². The van der Waals surface area contributed by atoms with E-state index < -0.39 is 9.84 Å². The Morgan fingerprint density at radius 3 is 2.50 bits per heavy atom. The zero-order valence-electron chi connectivity index (χ0n) is 9.86. The van der Waals surface area contributed by atoms with Crippen LogP contribution in [0.3, 0.4) is 0 Å². The van der Waals surface area contributed by atoms with Gasteiger partial charge in [-0.3, -0.25) is 0 Å². The second kappa shape index (κ2) is 5.25. The van der Waals surface area contributed by atoms with Crippen molar-refractivity contribution < 1.29 is 8.42 Å². The van der Waals surface area contributed by atoms with Crippen LogP contribution in [0.1, 0.15) is 28.9 Å². The first-order valence-electron chi connectivity index (χ1n) is 5.21. The van der Waals surface area contributed by atoms with E-state index >= 15 is 0 Å². The molecule has 1 unspecified atom stereocenters. The number of nitrogens with two attached hydrogens (primary N) is 1. The van der Waals surface area contributed by atoms with Crippen LogP contribution in [-0.2, 0) is 15.6 Å². The van der Waals surface area contributed by atoms with Crippen molar-refractivity contribution in [3.05, 3.63) is 15.6 Å². The third kappa shape index (κ3) is 3.26. The van der Waals surface area contributed by atoms with Crippen molar-refractivity contribution in [2.75, 3.05) is 6.54 Å². The van der Waals surface area contributed by atoms with E-state index in [-0.39, 0.29) is 11.0 Å². The van der Waals surface area contributed by atoms with Gasteiger partial charge in [-0.15, -0.1) is 11.3 Å². The van der Waals surface area contributed by atoms with Crippen LogP contribution in [0.15, 0.2) is 0 Å². The minimum Gasteiger partial charge on any atom is -0.330 e. The van der Waals surface area contributed by atoms with Crippen molar-refractivity contribution in [2.45, 2.75) is 38.2 Å². The van der Waals surface area contributed by atoms with Crippen molar-refractivity contribution in [3.8, 4) is 0 Å². The summed E-state index contributed by atoms with van der Waals surface area (Å²) in [4.78, 5) is 5.33. The molecule has 0 aromatic carbocycles. The van der Waals surface area contributed by atoms with Crippen molar-refractivity contribution >= 4 is 21.2 Å². The Bertz CT molecular complexity index is 432. The number of hydrogen-bond donors (Lipinski definition) is 1. The van der Waals surface area contributed by atoms with Gasteiger partial charge in [0.05, 0.1) is 10.9 Å². The lowest BCUT2D eigenvalue weighted by molar-refractivity contribution is 0.577. The number of sulfone groups is 1. The van der Waals surface area contributed by atoms with E-state index in [0.717, 1.165) is 10.6 Å². The third-order valence-electron chi connectivity index (χ3n) is 2.58. The van der Waals surface area contributed by atoms with Crippen LogP contribution in [0.2, 0.25) is 0 Å². The predicted molar refractivity (Wildman–Crippen MR) is 67.3 cm³/mol. The summed E-state index contributed by atoms with van der Waals surface area (Å²) in [5.41, 5.74) is 6.29. The molecule has 1 aromatic rings. The maximum atomic E-state index is 11.9. The molecule has 1 aromatic heterocycles. The lowest BCUT2D eigenvalue weighted by Gasteiger charge is -2.09. The maximum Gasteiger partial charge on any atom is 0.159 e. The van der Waals surface area contributed by atoms with E-state index in [1.54, 1.807) is 6.92 Å². The van der Waals surface area contributed by atoms with Crippen LogP contribution in [0, 0.1) is 13.8 Å². The zero-order valence-corrected chi connectivity index (χ0v) is 11.5. The minimum atomic E-state index is -3.11. The van der Waals surface area contributed by atoms with E-state index in [1.807, 2.05) is 13.8 Å². The highest BCUT2D eigenvalue weighted by atomic mass is 32.2. The summed E-state index contributed by atoms with van der Waals surface area (Å²) in [6.45, 7) is 5.95. The molecule has 0 aliphatic rings. The van der Waals surface area contributed by atoms with Crippen molar-refractivity contribution in [1.29, 1.82) is 0 Å².